The number of β-amino-alcohol motifs (C(OH)–C–C–N with tert-alkyl or cyclic N) is 1. The summed E-state index contributed by atoms with van der Waals surface area (Å²) >= 11 is 0. The lowest BCUT2D eigenvalue weighted by Crippen LogP contribution is -2.33. The highest BCUT2D eigenvalue weighted by atomic mass is 19.1. The number of amides is 1. The number of hydrogen-bond acceptors (Lipinski definition) is 3. The fourth-order valence-electron chi connectivity index (χ4n) is 2.93. The molecule has 4 nitrogen and oxygen atoms in total. The molecule has 0 radical (unpaired) electrons. The number of benzene rings is 1. The highest BCUT2D eigenvalue weighted by Gasteiger charge is 2.36. The Kier molecular flexibility index (Phi) is 4.34. The highest BCUT2D eigenvalue weighted by Crippen LogP contribution is 2.34. The summed E-state index contributed by atoms with van der Waals surface area (Å²) in [6.07, 6.45) is 2.74. The molecule has 0 spiro atoms. The molecule has 3 rings (SSSR count). The Hall–Kier alpha value is -2.34. The quantitative estimate of drug-likeness (QED) is 0.944. The summed E-state index contributed by atoms with van der Waals surface area (Å²) in [5, 5.41) is 9.88. The van der Waals surface area contributed by atoms with Crippen LogP contribution in [0.2, 0.25) is 0 Å². The highest BCUT2D eigenvalue weighted by molar-refractivity contribution is 5.79. The van der Waals surface area contributed by atoms with Gasteiger partial charge < -0.3 is 10.0 Å². The summed E-state index contributed by atoms with van der Waals surface area (Å²) < 4.78 is 27.4. The standard InChI is InChI=1S/C17H16F2N2O2/c18-12-3-4-15(19)14(7-12)16-8-13(22)10-21(16)17(23)6-11-2-1-5-20-9-11/h1-5,7,9,13,16,22H,6,8,10H2/t13-,16-/m1/s1. The Labute approximate surface area is 132 Å². The third-order valence-electron chi connectivity index (χ3n) is 3.99. The van der Waals surface area contributed by atoms with E-state index in [1.54, 1.807) is 24.5 Å². The molecular formula is C17H16F2N2O2. The second-order valence-corrected chi connectivity index (χ2v) is 5.66. The number of aliphatic hydroxyl groups is 1. The van der Waals surface area contributed by atoms with Gasteiger partial charge in [-0.2, -0.15) is 0 Å². The predicted octanol–water partition coefficient (Wildman–Crippen LogP) is 2.24. The Balaban J connectivity index is 1.85. The number of nitrogens with zero attached hydrogens (tertiary/aromatic N) is 2. The van der Waals surface area contributed by atoms with Crippen LogP contribution in [0.15, 0.2) is 42.7 Å². The molecule has 1 saturated heterocycles. The molecule has 0 saturated carbocycles. The minimum atomic E-state index is -0.750. The van der Waals surface area contributed by atoms with Crippen LogP contribution in [-0.4, -0.2) is 33.5 Å². The molecule has 0 bridgehead atoms. The number of aliphatic hydroxyl groups excluding tert-OH is 1. The van der Waals surface area contributed by atoms with Crippen LogP contribution in [0.4, 0.5) is 8.78 Å². The zero-order valence-electron chi connectivity index (χ0n) is 12.3. The molecule has 1 aromatic heterocycles. The largest absolute Gasteiger partial charge is 0.391 e. The third kappa shape index (κ3) is 3.37. The van der Waals surface area contributed by atoms with Crippen molar-refractivity contribution in [1.29, 1.82) is 0 Å². The first-order chi connectivity index (χ1) is 11.0. The zero-order chi connectivity index (χ0) is 16.4. The lowest BCUT2D eigenvalue weighted by molar-refractivity contribution is -0.131. The van der Waals surface area contributed by atoms with Crippen molar-refractivity contribution in [2.75, 3.05) is 6.54 Å². The van der Waals surface area contributed by atoms with Crippen molar-refractivity contribution in [1.82, 2.24) is 9.88 Å². The maximum absolute atomic E-state index is 14.0. The number of pyridine rings is 1. The first-order valence-corrected chi connectivity index (χ1v) is 7.36. The monoisotopic (exact) mass is 318 g/mol. The van der Waals surface area contributed by atoms with E-state index in [2.05, 4.69) is 4.98 Å². The van der Waals surface area contributed by atoms with Gasteiger partial charge in [0.15, 0.2) is 0 Å². The fourth-order valence-corrected chi connectivity index (χ4v) is 2.93. The summed E-state index contributed by atoms with van der Waals surface area (Å²) in [5.41, 5.74) is 0.832. The minimum absolute atomic E-state index is 0.0982. The second-order valence-electron chi connectivity index (χ2n) is 5.66. The molecule has 1 N–H and O–H groups in total. The minimum Gasteiger partial charge on any atom is -0.391 e. The number of rotatable bonds is 3. The van der Waals surface area contributed by atoms with Crippen molar-refractivity contribution in [2.45, 2.75) is 25.0 Å². The van der Waals surface area contributed by atoms with Crippen molar-refractivity contribution in [2.24, 2.45) is 0 Å². The van der Waals surface area contributed by atoms with Crippen LogP contribution in [0.3, 0.4) is 0 Å². The molecule has 6 heteroatoms. The molecular weight excluding hydrogens is 302 g/mol. The van der Waals surface area contributed by atoms with Gasteiger partial charge in [0.25, 0.3) is 0 Å². The van der Waals surface area contributed by atoms with Crippen molar-refractivity contribution < 1.29 is 18.7 Å². The molecule has 1 amide bonds. The van der Waals surface area contributed by atoms with Gasteiger partial charge in [0.1, 0.15) is 11.6 Å². The maximum atomic E-state index is 14.0. The number of halogens is 2. The van der Waals surface area contributed by atoms with Crippen molar-refractivity contribution in [3.63, 3.8) is 0 Å². The van der Waals surface area contributed by atoms with Crippen LogP contribution in [0, 0.1) is 11.6 Å². The first kappa shape index (κ1) is 15.6. The smallest absolute Gasteiger partial charge is 0.227 e. The Bertz CT molecular complexity index is 709. The lowest BCUT2D eigenvalue weighted by Gasteiger charge is -2.25. The number of aromatic nitrogens is 1. The number of hydrogen-bond donors (Lipinski definition) is 1. The molecule has 2 heterocycles. The third-order valence-corrected chi connectivity index (χ3v) is 3.99. The molecule has 1 fully saturated rings. The van der Waals surface area contributed by atoms with E-state index in [4.69, 9.17) is 0 Å². The van der Waals surface area contributed by atoms with E-state index < -0.39 is 23.8 Å². The average Bonchev–Trinajstić information content (AvgIpc) is 2.92. The number of likely N-dealkylation sites (tertiary alicyclic amines) is 1. The molecule has 0 unspecified atom stereocenters. The van der Waals surface area contributed by atoms with Crippen LogP contribution in [0.25, 0.3) is 0 Å². The molecule has 23 heavy (non-hydrogen) atoms. The average molecular weight is 318 g/mol. The Morgan fingerprint density at radius 1 is 1.35 bits per heavy atom. The normalized spacial score (nSPS) is 20.7. The van der Waals surface area contributed by atoms with Crippen molar-refractivity contribution >= 4 is 5.91 Å². The Morgan fingerprint density at radius 2 is 2.17 bits per heavy atom. The lowest BCUT2D eigenvalue weighted by atomic mass is 10.0. The van der Waals surface area contributed by atoms with Crippen molar-refractivity contribution in [3.8, 4) is 0 Å². The van der Waals surface area contributed by atoms with E-state index >= 15 is 0 Å². The van der Waals surface area contributed by atoms with Crippen LogP contribution < -0.4 is 0 Å². The van der Waals surface area contributed by atoms with Gasteiger partial charge in [-0.3, -0.25) is 9.78 Å². The van der Waals surface area contributed by atoms with Gasteiger partial charge in [-0.1, -0.05) is 6.07 Å². The zero-order valence-corrected chi connectivity index (χ0v) is 12.3. The number of carbonyl (C=O) groups excluding carboxylic acids is 1. The molecule has 2 aromatic rings. The topological polar surface area (TPSA) is 53.4 Å². The van der Waals surface area contributed by atoms with E-state index in [9.17, 15) is 18.7 Å². The SMILES string of the molecule is O=C(Cc1cccnc1)N1C[C@H](O)C[C@@H]1c1cc(F)ccc1F. The van der Waals surface area contributed by atoms with E-state index in [1.165, 1.54) is 4.90 Å². The molecule has 0 aliphatic carbocycles. The van der Waals surface area contributed by atoms with Gasteiger partial charge in [-0.05, 0) is 36.2 Å². The van der Waals surface area contributed by atoms with E-state index in [1.807, 2.05) is 0 Å². The summed E-state index contributed by atoms with van der Waals surface area (Å²) in [5.74, 6) is -1.39. The van der Waals surface area contributed by atoms with Gasteiger partial charge in [-0.25, -0.2) is 8.78 Å². The van der Waals surface area contributed by atoms with E-state index in [0.29, 0.717) is 0 Å². The summed E-state index contributed by atoms with van der Waals surface area (Å²) in [6.45, 7) is 0.111. The van der Waals surface area contributed by atoms with Crippen LogP contribution in [-0.2, 0) is 11.2 Å². The van der Waals surface area contributed by atoms with Gasteiger partial charge in [0.05, 0.1) is 18.6 Å². The van der Waals surface area contributed by atoms with E-state index in [-0.39, 0.29) is 30.9 Å². The molecule has 1 aliphatic rings. The second kappa shape index (κ2) is 6.42. The fraction of sp³-hybridized carbons (Fsp3) is 0.294. The summed E-state index contributed by atoms with van der Waals surface area (Å²) in [7, 11) is 0. The van der Waals surface area contributed by atoms with E-state index in [0.717, 1.165) is 23.8 Å². The molecule has 2 atom stereocenters. The van der Waals surface area contributed by atoms with Crippen LogP contribution >= 0.6 is 0 Å². The summed E-state index contributed by atoms with van der Waals surface area (Å²) in [4.78, 5) is 17.9. The maximum Gasteiger partial charge on any atom is 0.227 e. The Morgan fingerprint density at radius 3 is 2.91 bits per heavy atom. The van der Waals surface area contributed by atoms with Crippen LogP contribution in [0.1, 0.15) is 23.6 Å². The predicted molar refractivity (Wildman–Crippen MR) is 79.4 cm³/mol. The van der Waals surface area contributed by atoms with Crippen molar-refractivity contribution in [3.05, 3.63) is 65.5 Å². The first-order valence-electron chi connectivity index (χ1n) is 7.36. The molecule has 120 valence electrons. The van der Waals surface area contributed by atoms with Gasteiger partial charge in [-0.15, -0.1) is 0 Å². The van der Waals surface area contributed by atoms with Gasteiger partial charge in [0.2, 0.25) is 5.91 Å². The van der Waals surface area contributed by atoms with Crippen LogP contribution in [0.5, 0.6) is 0 Å². The van der Waals surface area contributed by atoms with Gasteiger partial charge >= 0.3 is 0 Å². The van der Waals surface area contributed by atoms with Gasteiger partial charge in [0, 0.05) is 24.5 Å². The molecule has 1 aliphatic heterocycles. The summed E-state index contributed by atoms with van der Waals surface area (Å²) in [6, 6.07) is 6.00. The number of carbonyl (C=O) groups is 1. The molecule has 1 aromatic carbocycles.